The van der Waals surface area contributed by atoms with Crippen LogP contribution in [0, 0.1) is 11.8 Å². The van der Waals surface area contributed by atoms with Crippen LogP contribution in [-0.4, -0.2) is 67.3 Å². The molecule has 4 nitrogen and oxygen atoms in total. The van der Waals surface area contributed by atoms with Crippen molar-refractivity contribution in [3.05, 3.63) is 35.9 Å². The Morgan fingerprint density at radius 3 is 2.61 bits per heavy atom. The quantitative estimate of drug-likeness (QED) is 0.364. The first-order chi connectivity index (χ1) is 16.1. The number of hydrogen-bond acceptors (Lipinski definition) is 3. The summed E-state index contributed by atoms with van der Waals surface area (Å²) in [6, 6.07) is 10.0. The number of benzene rings is 1. The molecule has 186 valence electrons. The van der Waals surface area contributed by atoms with Crippen molar-refractivity contribution in [2.75, 3.05) is 33.3 Å². The molecule has 5 heteroatoms. The van der Waals surface area contributed by atoms with Crippen LogP contribution in [0.4, 0.5) is 4.39 Å². The summed E-state index contributed by atoms with van der Waals surface area (Å²) in [4.78, 5) is 18.1. The van der Waals surface area contributed by atoms with Gasteiger partial charge in [-0.3, -0.25) is 4.79 Å². The standard InChI is InChI=1S/C28H45FN2O2/c1-4-11-25(33-3)16-10-18-30-19-17-27-26(21-30)23(14-9-15-24(29)5-2)20-31(27)28(32)22-12-7-6-8-13-22/h6-8,12-13,23-27H,4-5,9-11,14-21H2,1-3H3/t23-,24?,25?,26+,27+/m0/s1. The van der Waals surface area contributed by atoms with E-state index >= 15 is 0 Å². The second kappa shape index (κ2) is 13.4. The number of methoxy groups -OCH3 is 1. The molecule has 2 unspecified atom stereocenters. The number of carbonyl (C=O) groups is 1. The molecule has 1 amide bonds. The average Bonchev–Trinajstić information content (AvgIpc) is 3.21. The van der Waals surface area contributed by atoms with E-state index in [1.807, 2.05) is 44.4 Å². The van der Waals surface area contributed by atoms with Crippen molar-refractivity contribution in [1.29, 1.82) is 0 Å². The molecule has 2 aliphatic rings. The number of hydrogen-bond donors (Lipinski definition) is 0. The van der Waals surface area contributed by atoms with Gasteiger partial charge in [-0.05, 0) is 75.5 Å². The molecule has 2 fully saturated rings. The summed E-state index contributed by atoms with van der Waals surface area (Å²) in [7, 11) is 1.83. The van der Waals surface area contributed by atoms with Gasteiger partial charge in [0.15, 0.2) is 0 Å². The van der Waals surface area contributed by atoms with Crippen LogP contribution in [0.15, 0.2) is 30.3 Å². The Hall–Kier alpha value is -1.46. The molecule has 2 heterocycles. The Labute approximate surface area is 200 Å². The first kappa shape index (κ1) is 26.2. The number of rotatable bonds is 13. The zero-order valence-corrected chi connectivity index (χ0v) is 21.1. The topological polar surface area (TPSA) is 32.8 Å². The van der Waals surface area contributed by atoms with Crippen molar-refractivity contribution >= 4 is 5.91 Å². The SMILES string of the molecule is CCCC(CCCN1CC[C@@H]2[C@H](C1)[C@@H](CCCC(F)CC)CN2C(=O)c1ccccc1)OC. The molecule has 2 saturated heterocycles. The number of amides is 1. The van der Waals surface area contributed by atoms with Crippen LogP contribution in [0.25, 0.3) is 0 Å². The summed E-state index contributed by atoms with van der Waals surface area (Å²) < 4.78 is 19.5. The average molecular weight is 461 g/mol. The maximum absolute atomic E-state index is 13.8. The number of piperidine rings is 1. The van der Waals surface area contributed by atoms with Gasteiger partial charge in [-0.2, -0.15) is 0 Å². The number of halogens is 1. The van der Waals surface area contributed by atoms with Crippen LogP contribution in [-0.2, 0) is 4.74 Å². The van der Waals surface area contributed by atoms with Crippen LogP contribution in [0.1, 0.15) is 82.0 Å². The molecule has 33 heavy (non-hydrogen) atoms. The summed E-state index contributed by atoms with van der Waals surface area (Å²) in [5, 5.41) is 0. The molecule has 0 spiro atoms. The van der Waals surface area contributed by atoms with Crippen molar-refractivity contribution < 1.29 is 13.9 Å². The zero-order valence-electron chi connectivity index (χ0n) is 21.1. The van der Waals surface area contributed by atoms with E-state index in [4.69, 9.17) is 4.74 Å². The summed E-state index contributed by atoms with van der Waals surface area (Å²) >= 11 is 0. The van der Waals surface area contributed by atoms with Crippen molar-refractivity contribution in [2.24, 2.45) is 11.8 Å². The Morgan fingerprint density at radius 2 is 1.91 bits per heavy atom. The van der Waals surface area contributed by atoms with Gasteiger partial charge in [-0.15, -0.1) is 0 Å². The van der Waals surface area contributed by atoms with Gasteiger partial charge in [-0.25, -0.2) is 4.39 Å². The Balaban J connectivity index is 1.61. The van der Waals surface area contributed by atoms with Gasteiger partial charge >= 0.3 is 0 Å². The van der Waals surface area contributed by atoms with Crippen molar-refractivity contribution in [1.82, 2.24) is 9.80 Å². The maximum atomic E-state index is 13.8. The van der Waals surface area contributed by atoms with E-state index in [2.05, 4.69) is 16.7 Å². The molecular weight excluding hydrogens is 415 g/mol. The lowest BCUT2D eigenvalue weighted by Crippen LogP contribution is -2.48. The largest absolute Gasteiger partial charge is 0.381 e. The van der Waals surface area contributed by atoms with Crippen LogP contribution in [0.3, 0.4) is 0 Å². The van der Waals surface area contributed by atoms with E-state index in [0.717, 1.165) is 76.7 Å². The highest BCUT2D eigenvalue weighted by molar-refractivity contribution is 5.94. The highest BCUT2D eigenvalue weighted by Gasteiger charge is 2.46. The monoisotopic (exact) mass is 460 g/mol. The summed E-state index contributed by atoms with van der Waals surface area (Å²) in [5.74, 6) is 1.14. The molecule has 5 atom stereocenters. The predicted molar refractivity (Wildman–Crippen MR) is 133 cm³/mol. The number of fused-ring (bicyclic) bond motifs is 1. The Kier molecular flexibility index (Phi) is 10.6. The number of ether oxygens (including phenoxy) is 1. The fourth-order valence-electron chi connectivity index (χ4n) is 5.95. The van der Waals surface area contributed by atoms with Crippen molar-refractivity contribution in [3.63, 3.8) is 0 Å². The van der Waals surface area contributed by atoms with Gasteiger partial charge in [0.05, 0.1) is 12.3 Å². The van der Waals surface area contributed by atoms with Crippen LogP contribution in [0.5, 0.6) is 0 Å². The lowest BCUT2D eigenvalue weighted by atomic mass is 9.82. The van der Waals surface area contributed by atoms with Gasteiger partial charge in [0.1, 0.15) is 0 Å². The summed E-state index contributed by atoms with van der Waals surface area (Å²) in [6.45, 7) is 8.18. The van der Waals surface area contributed by atoms with Crippen LogP contribution >= 0.6 is 0 Å². The van der Waals surface area contributed by atoms with Crippen LogP contribution < -0.4 is 0 Å². The van der Waals surface area contributed by atoms with Gasteiger partial charge < -0.3 is 14.5 Å². The second-order valence-electron chi connectivity index (χ2n) is 10.1. The highest BCUT2D eigenvalue weighted by atomic mass is 19.1. The minimum absolute atomic E-state index is 0.168. The number of nitrogens with zero attached hydrogens (tertiary/aromatic N) is 2. The maximum Gasteiger partial charge on any atom is 0.254 e. The summed E-state index contributed by atoms with van der Waals surface area (Å²) in [6.07, 6.45) is 8.49. The molecule has 0 N–H and O–H groups in total. The Morgan fingerprint density at radius 1 is 1.12 bits per heavy atom. The van der Waals surface area contributed by atoms with E-state index in [-0.39, 0.29) is 5.91 Å². The van der Waals surface area contributed by atoms with E-state index in [0.29, 0.717) is 36.8 Å². The molecule has 0 aliphatic carbocycles. The number of likely N-dealkylation sites (tertiary alicyclic amines) is 2. The van der Waals surface area contributed by atoms with Crippen molar-refractivity contribution in [2.45, 2.75) is 90.0 Å². The molecule has 3 rings (SSSR count). The molecule has 0 radical (unpaired) electrons. The highest BCUT2D eigenvalue weighted by Crippen LogP contribution is 2.39. The predicted octanol–water partition coefficient (Wildman–Crippen LogP) is 5.96. The first-order valence-electron chi connectivity index (χ1n) is 13.3. The van der Waals surface area contributed by atoms with Crippen molar-refractivity contribution in [3.8, 4) is 0 Å². The smallest absolute Gasteiger partial charge is 0.254 e. The molecule has 0 aromatic heterocycles. The molecular formula is C28H45FN2O2. The fourth-order valence-corrected chi connectivity index (χ4v) is 5.95. The van der Waals surface area contributed by atoms with Gasteiger partial charge in [-0.1, -0.05) is 44.9 Å². The first-order valence-corrected chi connectivity index (χ1v) is 13.3. The van der Waals surface area contributed by atoms with E-state index < -0.39 is 6.17 Å². The minimum atomic E-state index is -0.691. The van der Waals surface area contributed by atoms with E-state index in [1.54, 1.807) is 0 Å². The van der Waals surface area contributed by atoms with Gasteiger partial charge in [0.25, 0.3) is 5.91 Å². The number of alkyl halides is 1. The van der Waals surface area contributed by atoms with Gasteiger partial charge in [0.2, 0.25) is 0 Å². The van der Waals surface area contributed by atoms with E-state index in [1.165, 1.54) is 0 Å². The molecule has 0 bridgehead atoms. The third-order valence-corrected chi connectivity index (χ3v) is 7.90. The lowest BCUT2D eigenvalue weighted by molar-refractivity contribution is 0.0583. The third-order valence-electron chi connectivity index (χ3n) is 7.90. The molecule has 2 aliphatic heterocycles. The summed E-state index contributed by atoms with van der Waals surface area (Å²) in [5.41, 5.74) is 0.788. The zero-order chi connectivity index (χ0) is 23.6. The lowest BCUT2D eigenvalue weighted by Gasteiger charge is -2.39. The van der Waals surface area contributed by atoms with Crippen LogP contribution in [0.2, 0.25) is 0 Å². The molecule has 1 aromatic rings. The normalized spacial score (nSPS) is 25.1. The number of carbonyl (C=O) groups excluding carboxylic acids is 1. The fraction of sp³-hybridized carbons (Fsp3) is 0.750. The van der Waals surface area contributed by atoms with Gasteiger partial charge in [0, 0.05) is 38.3 Å². The minimum Gasteiger partial charge on any atom is -0.381 e. The third kappa shape index (κ3) is 7.26. The second-order valence-corrected chi connectivity index (χ2v) is 10.1. The molecule has 0 saturated carbocycles. The Bertz CT molecular complexity index is 700. The van der Waals surface area contributed by atoms with E-state index in [9.17, 15) is 9.18 Å². The molecule has 1 aromatic carbocycles.